The van der Waals surface area contributed by atoms with Crippen molar-refractivity contribution in [3.05, 3.63) is 24.8 Å². The molecule has 0 saturated heterocycles. The van der Waals surface area contributed by atoms with Crippen LogP contribution in [0.2, 0.25) is 0 Å². The zero-order chi connectivity index (χ0) is 4.99. The van der Waals surface area contributed by atoms with Crippen LogP contribution in [-0.4, -0.2) is 0 Å². The topological polar surface area (TPSA) is 0 Å². The molecule has 0 aliphatic heterocycles. The molecule has 0 bridgehead atoms. The number of rotatable bonds is 2. The molecule has 0 heterocycles. The summed E-state index contributed by atoms with van der Waals surface area (Å²) in [6.07, 6.45) is 3.54. The molecule has 0 spiro atoms. The van der Waals surface area contributed by atoms with Gasteiger partial charge in [-0.05, 0) is 19.4 Å². The van der Waals surface area contributed by atoms with Crippen molar-refractivity contribution in [2.45, 2.75) is 13.3 Å². The smallest absolute Gasteiger partial charge is 0.00758 e. The van der Waals surface area contributed by atoms with Crippen LogP contribution in [0, 0.1) is 6.08 Å². The first-order valence-corrected chi connectivity index (χ1v) is 1.91. The van der Waals surface area contributed by atoms with Gasteiger partial charge >= 0.3 is 0 Å². The minimum Gasteiger partial charge on any atom is -0.0998 e. The van der Waals surface area contributed by atoms with E-state index in [1.807, 2.05) is 6.92 Å². The van der Waals surface area contributed by atoms with Gasteiger partial charge in [-0.25, -0.2) is 0 Å². The summed E-state index contributed by atoms with van der Waals surface area (Å²) in [5.41, 5.74) is 1.12. The van der Waals surface area contributed by atoms with Crippen LogP contribution in [0.3, 0.4) is 0 Å². The second-order valence-electron chi connectivity index (χ2n) is 1.38. The standard InChI is InChI=1S/C6H9/c1-4-5-6(2)3/h1-2,5H2,3H3. The van der Waals surface area contributed by atoms with Crippen molar-refractivity contribution in [2.75, 3.05) is 0 Å². The highest BCUT2D eigenvalue weighted by Crippen LogP contribution is 1.91. The van der Waals surface area contributed by atoms with Gasteiger partial charge in [0.25, 0.3) is 0 Å². The number of hydrogen-bond donors (Lipinski definition) is 0. The molecular formula is C6H9. The molecule has 0 aliphatic carbocycles. The van der Waals surface area contributed by atoms with E-state index in [0.29, 0.717) is 0 Å². The Morgan fingerprint density at radius 1 is 1.83 bits per heavy atom. The van der Waals surface area contributed by atoms with E-state index in [1.54, 1.807) is 0 Å². The van der Waals surface area contributed by atoms with Crippen LogP contribution in [0.15, 0.2) is 18.7 Å². The molecule has 0 aromatic carbocycles. The summed E-state index contributed by atoms with van der Waals surface area (Å²) in [5.74, 6) is 0. The van der Waals surface area contributed by atoms with E-state index < -0.39 is 0 Å². The number of hydrogen-bond acceptors (Lipinski definition) is 0. The zero-order valence-corrected chi connectivity index (χ0v) is 4.12. The molecule has 0 aromatic rings. The van der Waals surface area contributed by atoms with Gasteiger partial charge in [-0.2, -0.15) is 0 Å². The highest BCUT2D eigenvalue weighted by Gasteiger charge is 1.72. The maximum Gasteiger partial charge on any atom is -0.00758 e. The lowest BCUT2D eigenvalue weighted by Gasteiger charge is -1.81. The van der Waals surface area contributed by atoms with Gasteiger partial charge in [0.05, 0.1) is 0 Å². The van der Waals surface area contributed by atoms with Crippen molar-refractivity contribution in [1.29, 1.82) is 0 Å². The van der Waals surface area contributed by atoms with Crippen molar-refractivity contribution in [2.24, 2.45) is 0 Å². The molecule has 0 fully saturated rings. The second-order valence-corrected chi connectivity index (χ2v) is 1.38. The molecular weight excluding hydrogens is 72.1 g/mol. The monoisotopic (exact) mass is 81.1 g/mol. The Bertz CT molecular complexity index is 60.4. The van der Waals surface area contributed by atoms with Gasteiger partial charge in [-0.15, -0.1) is 0 Å². The molecule has 1 radical (unpaired) electrons. The molecule has 33 valence electrons. The van der Waals surface area contributed by atoms with E-state index in [9.17, 15) is 0 Å². The Hall–Kier alpha value is -0.520. The van der Waals surface area contributed by atoms with Crippen LogP contribution in [0.4, 0.5) is 0 Å². The zero-order valence-electron chi connectivity index (χ0n) is 4.12. The van der Waals surface area contributed by atoms with E-state index in [1.165, 1.54) is 0 Å². The summed E-state index contributed by atoms with van der Waals surface area (Å²) in [6.45, 7) is 9.01. The fraction of sp³-hybridized carbons (Fsp3) is 0.333. The van der Waals surface area contributed by atoms with Crippen LogP contribution in [0.5, 0.6) is 0 Å². The van der Waals surface area contributed by atoms with Crippen LogP contribution < -0.4 is 0 Å². The SMILES string of the molecule is C=[C]CC(=C)C. The molecule has 0 saturated carbocycles. The van der Waals surface area contributed by atoms with Crippen LogP contribution in [-0.2, 0) is 0 Å². The predicted molar refractivity (Wildman–Crippen MR) is 28.3 cm³/mol. The lowest BCUT2D eigenvalue weighted by Crippen LogP contribution is -1.63. The van der Waals surface area contributed by atoms with Crippen molar-refractivity contribution < 1.29 is 0 Å². The Morgan fingerprint density at radius 3 is 2.33 bits per heavy atom. The summed E-state index contributed by atoms with van der Waals surface area (Å²) in [5, 5.41) is 0. The quantitative estimate of drug-likeness (QED) is 0.445. The summed E-state index contributed by atoms with van der Waals surface area (Å²) < 4.78 is 0. The maximum absolute atomic E-state index is 3.64. The minimum atomic E-state index is 0.819. The Labute approximate surface area is 39.2 Å². The molecule has 0 heteroatoms. The molecule has 0 atom stereocenters. The molecule has 0 N–H and O–H groups in total. The molecule has 0 aliphatic rings. The highest BCUT2D eigenvalue weighted by atomic mass is 13.8. The molecule has 0 aromatic heterocycles. The van der Waals surface area contributed by atoms with Crippen molar-refractivity contribution in [1.82, 2.24) is 0 Å². The third kappa shape index (κ3) is 3.48. The van der Waals surface area contributed by atoms with E-state index in [0.717, 1.165) is 12.0 Å². The molecule has 0 rings (SSSR count). The van der Waals surface area contributed by atoms with Crippen molar-refractivity contribution >= 4 is 0 Å². The van der Waals surface area contributed by atoms with Gasteiger partial charge in [-0.1, -0.05) is 18.7 Å². The highest BCUT2D eigenvalue weighted by molar-refractivity contribution is 4.90. The van der Waals surface area contributed by atoms with Gasteiger partial charge in [0.15, 0.2) is 0 Å². The third-order valence-electron chi connectivity index (χ3n) is 0.427. The molecule has 0 nitrogen and oxygen atoms in total. The summed E-state index contributed by atoms with van der Waals surface area (Å²) >= 11 is 0. The fourth-order valence-electron chi connectivity index (χ4n) is 0.213. The van der Waals surface area contributed by atoms with Crippen molar-refractivity contribution in [3.63, 3.8) is 0 Å². The number of allylic oxidation sites excluding steroid dienone is 2. The third-order valence-corrected chi connectivity index (χ3v) is 0.427. The lowest BCUT2D eigenvalue weighted by atomic mass is 10.2. The first-order valence-electron chi connectivity index (χ1n) is 1.91. The Balaban J connectivity index is 3.05. The van der Waals surface area contributed by atoms with E-state index in [-0.39, 0.29) is 0 Å². The van der Waals surface area contributed by atoms with Crippen molar-refractivity contribution in [3.8, 4) is 0 Å². The summed E-state index contributed by atoms with van der Waals surface area (Å²) in [6, 6.07) is 0. The van der Waals surface area contributed by atoms with E-state index in [2.05, 4.69) is 19.2 Å². The van der Waals surface area contributed by atoms with Gasteiger partial charge in [-0.3, -0.25) is 0 Å². The van der Waals surface area contributed by atoms with Crippen LogP contribution in [0.1, 0.15) is 13.3 Å². The second kappa shape index (κ2) is 2.70. The minimum absolute atomic E-state index is 0.819. The Morgan fingerprint density at radius 2 is 2.33 bits per heavy atom. The normalized spacial score (nSPS) is 7.50. The first-order chi connectivity index (χ1) is 2.77. The van der Waals surface area contributed by atoms with E-state index >= 15 is 0 Å². The summed E-state index contributed by atoms with van der Waals surface area (Å²) in [4.78, 5) is 0. The molecule has 0 unspecified atom stereocenters. The Kier molecular flexibility index (Phi) is 2.47. The van der Waals surface area contributed by atoms with Crippen LogP contribution in [0.25, 0.3) is 0 Å². The largest absolute Gasteiger partial charge is 0.0998 e. The van der Waals surface area contributed by atoms with Crippen LogP contribution >= 0.6 is 0 Å². The average molecular weight is 81.1 g/mol. The maximum atomic E-state index is 3.64. The predicted octanol–water partition coefficient (Wildman–Crippen LogP) is 1.94. The average Bonchev–Trinajstić information content (AvgIpc) is 1.35. The van der Waals surface area contributed by atoms with Gasteiger partial charge in [0.1, 0.15) is 0 Å². The van der Waals surface area contributed by atoms with E-state index in [4.69, 9.17) is 0 Å². The molecule has 0 amide bonds. The summed E-state index contributed by atoms with van der Waals surface area (Å²) in [7, 11) is 0. The fourth-order valence-corrected chi connectivity index (χ4v) is 0.213. The lowest BCUT2D eigenvalue weighted by molar-refractivity contribution is 1.20. The van der Waals surface area contributed by atoms with Gasteiger partial charge in [0.2, 0.25) is 0 Å². The molecule has 6 heavy (non-hydrogen) atoms. The van der Waals surface area contributed by atoms with Gasteiger partial charge < -0.3 is 0 Å². The van der Waals surface area contributed by atoms with Gasteiger partial charge in [0, 0.05) is 0 Å². The first kappa shape index (κ1) is 5.48.